The van der Waals surface area contributed by atoms with Gasteiger partial charge in [0.25, 0.3) is 0 Å². The number of nitrogen functional groups attached to an aromatic ring is 1. The zero-order valence-electron chi connectivity index (χ0n) is 19.6. The van der Waals surface area contributed by atoms with E-state index in [2.05, 4.69) is 19.9 Å². The molecule has 34 heavy (non-hydrogen) atoms. The Labute approximate surface area is 197 Å². The van der Waals surface area contributed by atoms with Crippen LogP contribution in [0, 0.1) is 6.92 Å². The van der Waals surface area contributed by atoms with Gasteiger partial charge in [-0.25, -0.2) is 9.97 Å². The topological polar surface area (TPSA) is 130 Å². The molecule has 0 aliphatic rings. The Morgan fingerprint density at radius 2 is 1.97 bits per heavy atom. The summed E-state index contributed by atoms with van der Waals surface area (Å²) < 4.78 is 3.50. The molecule has 0 bridgehead atoms. The van der Waals surface area contributed by atoms with E-state index in [-0.39, 0.29) is 11.8 Å². The number of aromatic nitrogens is 5. The van der Waals surface area contributed by atoms with Crippen LogP contribution in [-0.2, 0) is 19.6 Å². The maximum atomic E-state index is 12.1. The number of fused-ring (bicyclic) bond motifs is 1. The molecule has 4 aromatic rings. The van der Waals surface area contributed by atoms with Gasteiger partial charge in [-0.2, -0.15) is 0 Å². The first-order valence-corrected chi connectivity index (χ1v) is 11.2. The molecule has 176 valence electrons. The van der Waals surface area contributed by atoms with Crippen LogP contribution >= 0.6 is 0 Å². The molecule has 0 aliphatic carbocycles. The van der Waals surface area contributed by atoms with Crippen LogP contribution in [0.3, 0.4) is 0 Å². The van der Waals surface area contributed by atoms with E-state index in [0.717, 1.165) is 34.1 Å². The van der Waals surface area contributed by atoms with E-state index in [1.54, 1.807) is 22.9 Å². The standard InChI is InChI=1S/C25H29N7O2/c1-4-12-31-21(18(5-2)30-25(31)34)10-11-27-14-17-7-8-19-22(13-17)32(24(26)29-19)15-20-23(33)9-6-16(3)28-20/h5-11,13,33H,4,12,14-15H2,1-3H3,(H2,26,29)(H,30,34)/p-1/b18-5+,21-10+,27-11?. The molecule has 0 atom stereocenters. The maximum Gasteiger partial charge on any atom is 0.201 e. The lowest BCUT2D eigenvalue weighted by Crippen LogP contribution is -2.30. The van der Waals surface area contributed by atoms with Gasteiger partial charge in [-0.15, -0.1) is 0 Å². The zero-order chi connectivity index (χ0) is 24.2. The molecule has 3 N–H and O–H groups in total. The second-order valence-corrected chi connectivity index (χ2v) is 8.06. The highest BCUT2D eigenvalue weighted by Gasteiger charge is 2.12. The number of nitrogens with zero attached hydrogens (tertiary/aromatic N) is 6. The SMILES string of the molecule is C/C=c1/nc([O-])n(CCC)/c1=C/C=NCc1ccc2nc(N)n(Cc3nc(C)ccc3O)c2c1. The van der Waals surface area contributed by atoms with Crippen molar-refractivity contribution in [1.29, 1.82) is 0 Å². The summed E-state index contributed by atoms with van der Waals surface area (Å²) in [4.78, 5) is 17.5. The second-order valence-electron chi connectivity index (χ2n) is 8.06. The van der Waals surface area contributed by atoms with E-state index >= 15 is 0 Å². The largest absolute Gasteiger partial charge is 0.846 e. The van der Waals surface area contributed by atoms with Crippen molar-refractivity contribution < 1.29 is 10.2 Å². The summed E-state index contributed by atoms with van der Waals surface area (Å²) in [5.74, 6) is 0.475. The second kappa shape index (κ2) is 9.78. The number of aryl methyl sites for hydroxylation is 1. The predicted molar refractivity (Wildman–Crippen MR) is 132 cm³/mol. The highest BCUT2D eigenvalue weighted by molar-refractivity contribution is 5.90. The monoisotopic (exact) mass is 458 g/mol. The summed E-state index contributed by atoms with van der Waals surface area (Å²) in [7, 11) is 0. The fourth-order valence-corrected chi connectivity index (χ4v) is 3.89. The third-order valence-corrected chi connectivity index (χ3v) is 5.57. The Morgan fingerprint density at radius 3 is 2.74 bits per heavy atom. The molecule has 9 heteroatoms. The van der Waals surface area contributed by atoms with E-state index in [4.69, 9.17) is 5.73 Å². The molecular formula is C25H28N7O2-. The maximum absolute atomic E-state index is 12.1. The summed E-state index contributed by atoms with van der Waals surface area (Å²) in [6.45, 7) is 7.14. The number of hydrogen-bond acceptors (Lipinski definition) is 7. The third-order valence-electron chi connectivity index (χ3n) is 5.57. The first kappa shape index (κ1) is 23.0. The smallest absolute Gasteiger partial charge is 0.201 e. The van der Waals surface area contributed by atoms with Crippen molar-refractivity contribution in [3.05, 3.63) is 58.0 Å². The van der Waals surface area contributed by atoms with Crippen LogP contribution < -0.4 is 21.5 Å². The summed E-state index contributed by atoms with van der Waals surface area (Å²) in [5.41, 5.74) is 10.1. The molecule has 3 aromatic heterocycles. The first-order chi connectivity index (χ1) is 16.4. The van der Waals surface area contributed by atoms with Crippen LogP contribution in [0.1, 0.15) is 37.2 Å². The lowest BCUT2D eigenvalue weighted by molar-refractivity contribution is -0.285. The number of benzene rings is 1. The van der Waals surface area contributed by atoms with Gasteiger partial charge in [0.2, 0.25) is 5.95 Å². The average molecular weight is 459 g/mol. The van der Waals surface area contributed by atoms with Gasteiger partial charge >= 0.3 is 0 Å². The molecule has 1 aromatic carbocycles. The molecule has 3 heterocycles. The van der Waals surface area contributed by atoms with Crippen molar-refractivity contribution in [3.8, 4) is 11.8 Å². The molecule has 9 nitrogen and oxygen atoms in total. The third kappa shape index (κ3) is 4.63. The first-order valence-electron chi connectivity index (χ1n) is 11.2. The van der Waals surface area contributed by atoms with E-state index < -0.39 is 0 Å². The number of rotatable bonds is 7. The molecule has 0 saturated heterocycles. The Morgan fingerprint density at radius 1 is 1.15 bits per heavy atom. The minimum Gasteiger partial charge on any atom is -0.846 e. The number of anilines is 1. The van der Waals surface area contributed by atoms with Gasteiger partial charge in [0, 0.05) is 18.5 Å². The number of aromatic hydroxyl groups is 1. The molecule has 0 spiro atoms. The summed E-state index contributed by atoms with van der Waals surface area (Å²) in [6.07, 6.45) is 6.21. The van der Waals surface area contributed by atoms with E-state index in [0.29, 0.717) is 36.6 Å². The number of imidazole rings is 2. The Hall–Kier alpha value is -4.14. The molecule has 0 radical (unpaired) electrons. The number of nitrogens with two attached hydrogens (primary N) is 1. The van der Waals surface area contributed by atoms with Crippen LogP contribution in [0.5, 0.6) is 11.8 Å². The minimum atomic E-state index is -0.236. The molecular weight excluding hydrogens is 430 g/mol. The van der Waals surface area contributed by atoms with Crippen molar-refractivity contribution in [1.82, 2.24) is 24.1 Å². The fraction of sp³-hybridized carbons (Fsp3) is 0.280. The molecule has 4 rings (SSSR count). The lowest BCUT2D eigenvalue weighted by Gasteiger charge is -2.09. The zero-order valence-corrected chi connectivity index (χ0v) is 19.6. The van der Waals surface area contributed by atoms with Gasteiger partial charge < -0.3 is 25.1 Å². The van der Waals surface area contributed by atoms with Crippen LogP contribution in [0.15, 0.2) is 35.3 Å². The normalized spacial score (nSPS) is 13.0. The highest BCUT2D eigenvalue weighted by Crippen LogP contribution is 2.23. The Kier molecular flexibility index (Phi) is 6.62. The van der Waals surface area contributed by atoms with E-state index in [1.165, 1.54) is 0 Å². The summed E-state index contributed by atoms with van der Waals surface area (Å²) >= 11 is 0. The molecule has 0 fully saturated rings. The molecule has 0 unspecified atom stereocenters. The Balaban J connectivity index is 1.61. The van der Waals surface area contributed by atoms with Crippen molar-refractivity contribution in [2.45, 2.75) is 46.8 Å². The van der Waals surface area contributed by atoms with Gasteiger partial charge in [-0.1, -0.05) is 19.1 Å². The van der Waals surface area contributed by atoms with Gasteiger partial charge in [-0.05, 0) is 56.2 Å². The molecule has 0 saturated carbocycles. The van der Waals surface area contributed by atoms with Crippen molar-refractivity contribution in [2.24, 2.45) is 4.99 Å². The van der Waals surface area contributed by atoms with Crippen LogP contribution in [0.4, 0.5) is 5.95 Å². The van der Waals surface area contributed by atoms with E-state index in [9.17, 15) is 10.2 Å². The summed E-state index contributed by atoms with van der Waals surface area (Å²) in [5, 5.41) is 23.7. The van der Waals surface area contributed by atoms with Gasteiger partial charge in [-0.3, -0.25) is 9.98 Å². The van der Waals surface area contributed by atoms with Crippen LogP contribution in [-0.4, -0.2) is 35.4 Å². The molecule has 0 amide bonds. The van der Waals surface area contributed by atoms with Gasteiger partial charge in [0.15, 0.2) is 0 Å². The molecule has 0 aliphatic heterocycles. The fourth-order valence-electron chi connectivity index (χ4n) is 3.89. The van der Waals surface area contributed by atoms with Crippen molar-refractivity contribution >= 4 is 35.3 Å². The number of pyridine rings is 1. The van der Waals surface area contributed by atoms with Gasteiger partial charge in [0.05, 0.1) is 40.8 Å². The van der Waals surface area contributed by atoms with E-state index in [1.807, 2.05) is 55.7 Å². The van der Waals surface area contributed by atoms with Crippen LogP contribution in [0.25, 0.3) is 23.2 Å². The lowest BCUT2D eigenvalue weighted by atomic mass is 10.2. The summed E-state index contributed by atoms with van der Waals surface area (Å²) in [6, 6.07) is 9.01. The van der Waals surface area contributed by atoms with Crippen LogP contribution in [0.2, 0.25) is 0 Å². The Bertz CT molecular complexity index is 1480. The predicted octanol–water partition coefficient (Wildman–Crippen LogP) is 1.61. The minimum absolute atomic E-state index is 0.121. The highest BCUT2D eigenvalue weighted by atomic mass is 16.3. The number of hydrogen-bond donors (Lipinski definition) is 2. The van der Waals surface area contributed by atoms with Crippen molar-refractivity contribution in [2.75, 3.05) is 5.73 Å². The number of aliphatic imine (C=N–C) groups is 1. The average Bonchev–Trinajstić information content (AvgIpc) is 3.29. The quantitative estimate of drug-likeness (QED) is 0.405. The van der Waals surface area contributed by atoms with Crippen molar-refractivity contribution in [3.63, 3.8) is 0 Å². The van der Waals surface area contributed by atoms with Gasteiger partial charge in [0.1, 0.15) is 11.4 Å².